The molecule has 0 unspecified atom stereocenters. The molecule has 37 heavy (non-hydrogen) atoms. The van der Waals surface area contributed by atoms with Gasteiger partial charge in [0.1, 0.15) is 18.0 Å². The van der Waals surface area contributed by atoms with E-state index in [0.29, 0.717) is 25.9 Å². The van der Waals surface area contributed by atoms with Crippen LogP contribution in [0.5, 0.6) is 5.75 Å². The van der Waals surface area contributed by atoms with E-state index in [0.717, 1.165) is 17.2 Å². The smallest absolute Gasteiger partial charge is 0.419 e. The Bertz CT molecular complexity index is 1230. The van der Waals surface area contributed by atoms with Gasteiger partial charge in [0, 0.05) is 18.7 Å². The number of carbonyl (C=O) groups excluding carboxylic acids is 1. The van der Waals surface area contributed by atoms with E-state index in [2.05, 4.69) is 10.1 Å². The molecule has 0 N–H and O–H groups in total. The van der Waals surface area contributed by atoms with Crippen LogP contribution in [0.25, 0.3) is 11.4 Å². The predicted molar refractivity (Wildman–Crippen MR) is 130 cm³/mol. The van der Waals surface area contributed by atoms with Gasteiger partial charge >= 0.3 is 12.3 Å². The molecule has 1 amide bonds. The molecular weight excluding hydrogens is 487 g/mol. The minimum Gasteiger partial charge on any atom is -0.488 e. The molecule has 0 aliphatic carbocycles. The van der Waals surface area contributed by atoms with Gasteiger partial charge in [0.25, 0.3) is 0 Å². The zero-order valence-corrected chi connectivity index (χ0v) is 21.3. The number of piperidine rings is 1. The molecule has 1 aliphatic heterocycles. The molecule has 3 aromatic rings. The van der Waals surface area contributed by atoms with Crippen LogP contribution in [-0.2, 0) is 17.5 Å². The number of halogens is 3. The molecule has 2 heterocycles. The lowest BCUT2D eigenvalue weighted by molar-refractivity contribution is -0.139. The van der Waals surface area contributed by atoms with Gasteiger partial charge in [-0.25, -0.2) is 4.79 Å². The second-order valence-corrected chi connectivity index (χ2v) is 10.2. The summed E-state index contributed by atoms with van der Waals surface area (Å²) in [4.78, 5) is 18.4. The van der Waals surface area contributed by atoms with Crippen LogP contribution in [0, 0.1) is 6.92 Å². The summed E-state index contributed by atoms with van der Waals surface area (Å²) in [6.45, 7) is 8.20. The number of aryl methyl sites for hydroxylation is 1. The lowest BCUT2D eigenvalue weighted by atomic mass is 9.98. The number of hydrogen-bond acceptors (Lipinski definition) is 6. The second-order valence-electron chi connectivity index (χ2n) is 10.2. The number of rotatable bonds is 5. The van der Waals surface area contributed by atoms with Crippen molar-refractivity contribution < 1.29 is 32.0 Å². The van der Waals surface area contributed by atoms with Gasteiger partial charge < -0.3 is 18.9 Å². The molecule has 10 heteroatoms. The van der Waals surface area contributed by atoms with Crippen LogP contribution in [0.4, 0.5) is 18.0 Å². The van der Waals surface area contributed by atoms with E-state index in [1.54, 1.807) is 25.7 Å². The molecule has 4 rings (SSSR count). The maximum absolute atomic E-state index is 13.9. The van der Waals surface area contributed by atoms with Gasteiger partial charge in [-0.15, -0.1) is 0 Å². The standard InChI is InChI=1S/C27H30F3N3O4/c1-17-7-9-18(10-8-17)16-35-22-12-11-19(14-21(22)27(28,29)30)23-31-24(37-32-23)20-6-5-13-33(15-20)25(34)36-26(2,3)4/h7-12,14,20H,5-6,13,15-16H2,1-4H3/t20-/m1/s1. The molecule has 1 atom stereocenters. The average molecular weight is 518 g/mol. The van der Waals surface area contributed by atoms with Crippen molar-refractivity contribution in [3.05, 3.63) is 65.0 Å². The topological polar surface area (TPSA) is 77.7 Å². The number of benzene rings is 2. The third-order valence-corrected chi connectivity index (χ3v) is 5.92. The van der Waals surface area contributed by atoms with Gasteiger partial charge in [0.15, 0.2) is 0 Å². The third kappa shape index (κ3) is 6.81. The van der Waals surface area contributed by atoms with Crippen molar-refractivity contribution in [2.24, 2.45) is 0 Å². The van der Waals surface area contributed by atoms with Crippen LogP contribution < -0.4 is 4.74 Å². The lowest BCUT2D eigenvalue weighted by Gasteiger charge is -2.32. The minimum absolute atomic E-state index is 0.00485. The summed E-state index contributed by atoms with van der Waals surface area (Å²) in [7, 11) is 0. The molecule has 1 aliphatic rings. The maximum atomic E-state index is 13.9. The molecule has 1 fully saturated rings. The zero-order chi connectivity index (χ0) is 26.8. The molecule has 0 spiro atoms. The molecule has 2 aromatic carbocycles. The van der Waals surface area contributed by atoms with Crippen LogP contribution in [-0.4, -0.2) is 39.8 Å². The lowest BCUT2D eigenvalue weighted by Crippen LogP contribution is -2.42. The fourth-order valence-corrected chi connectivity index (χ4v) is 4.05. The van der Waals surface area contributed by atoms with Gasteiger partial charge in [0.05, 0.1) is 11.5 Å². The Hall–Kier alpha value is -3.56. The number of likely N-dealkylation sites (tertiary alicyclic amines) is 1. The first-order valence-corrected chi connectivity index (χ1v) is 12.1. The second kappa shape index (κ2) is 10.4. The highest BCUT2D eigenvalue weighted by molar-refractivity contribution is 5.68. The van der Waals surface area contributed by atoms with Crippen LogP contribution in [0.3, 0.4) is 0 Å². The summed E-state index contributed by atoms with van der Waals surface area (Å²) in [5.74, 6) is -0.195. The molecular formula is C27H30F3N3O4. The van der Waals surface area contributed by atoms with E-state index in [4.69, 9.17) is 14.0 Å². The van der Waals surface area contributed by atoms with E-state index < -0.39 is 23.4 Å². The van der Waals surface area contributed by atoms with Crippen molar-refractivity contribution in [1.82, 2.24) is 15.0 Å². The van der Waals surface area contributed by atoms with Crippen molar-refractivity contribution in [3.63, 3.8) is 0 Å². The Labute approximate surface area is 213 Å². The number of aromatic nitrogens is 2. The van der Waals surface area contributed by atoms with Crippen molar-refractivity contribution in [2.45, 2.75) is 64.8 Å². The fourth-order valence-electron chi connectivity index (χ4n) is 4.05. The SMILES string of the molecule is Cc1ccc(COc2ccc(-c3noc([C@@H]4CCCN(C(=O)OC(C)(C)C)C4)n3)cc2C(F)(F)F)cc1. The van der Waals surface area contributed by atoms with E-state index in [-0.39, 0.29) is 35.6 Å². The van der Waals surface area contributed by atoms with Crippen LogP contribution in [0.2, 0.25) is 0 Å². The third-order valence-electron chi connectivity index (χ3n) is 5.92. The Morgan fingerprint density at radius 3 is 2.54 bits per heavy atom. The monoisotopic (exact) mass is 517 g/mol. The molecule has 7 nitrogen and oxygen atoms in total. The normalized spacial score (nSPS) is 16.5. The summed E-state index contributed by atoms with van der Waals surface area (Å²) in [6, 6.07) is 11.1. The summed E-state index contributed by atoms with van der Waals surface area (Å²) in [6.07, 6.45) is -3.64. The Balaban J connectivity index is 1.50. The maximum Gasteiger partial charge on any atom is 0.419 e. The number of alkyl halides is 3. The predicted octanol–water partition coefficient (Wildman–Crippen LogP) is 6.76. The average Bonchev–Trinajstić information content (AvgIpc) is 3.32. The highest BCUT2D eigenvalue weighted by atomic mass is 19.4. The molecule has 198 valence electrons. The van der Waals surface area contributed by atoms with E-state index >= 15 is 0 Å². The fraction of sp³-hybridized carbons (Fsp3) is 0.444. The zero-order valence-electron chi connectivity index (χ0n) is 21.3. The molecule has 1 saturated heterocycles. The number of hydrogen-bond donors (Lipinski definition) is 0. The number of ether oxygens (including phenoxy) is 2. The largest absolute Gasteiger partial charge is 0.488 e. The first kappa shape index (κ1) is 26.5. The number of amides is 1. The molecule has 0 radical (unpaired) electrons. The van der Waals surface area contributed by atoms with Crippen molar-refractivity contribution in [1.29, 1.82) is 0 Å². The highest BCUT2D eigenvalue weighted by Crippen LogP contribution is 2.39. The molecule has 0 saturated carbocycles. The van der Waals surface area contributed by atoms with Crippen molar-refractivity contribution >= 4 is 6.09 Å². The van der Waals surface area contributed by atoms with E-state index in [9.17, 15) is 18.0 Å². The molecule has 1 aromatic heterocycles. The molecule has 0 bridgehead atoms. The quantitative estimate of drug-likeness (QED) is 0.372. The number of nitrogens with zero attached hydrogens (tertiary/aromatic N) is 3. The van der Waals surface area contributed by atoms with Gasteiger partial charge in [-0.05, 0) is 64.3 Å². The van der Waals surface area contributed by atoms with Gasteiger partial charge in [-0.3, -0.25) is 0 Å². The van der Waals surface area contributed by atoms with E-state index in [1.807, 2.05) is 31.2 Å². The van der Waals surface area contributed by atoms with Crippen LogP contribution >= 0.6 is 0 Å². The minimum atomic E-state index is -4.64. The summed E-state index contributed by atoms with van der Waals surface area (Å²) < 4.78 is 58.0. The first-order valence-electron chi connectivity index (χ1n) is 12.1. The summed E-state index contributed by atoms with van der Waals surface area (Å²) >= 11 is 0. The van der Waals surface area contributed by atoms with Crippen molar-refractivity contribution in [2.75, 3.05) is 13.1 Å². The van der Waals surface area contributed by atoms with Crippen LogP contribution in [0.15, 0.2) is 47.0 Å². The highest BCUT2D eigenvalue weighted by Gasteiger charge is 2.36. The summed E-state index contributed by atoms with van der Waals surface area (Å²) in [5, 5.41) is 3.92. The van der Waals surface area contributed by atoms with Gasteiger partial charge in [0.2, 0.25) is 11.7 Å². The Kier molecular flexibility index (Phi) is 7.47. The van der Waals surface area contributed by atoms with Gasteiger partial charge in [-0.1, -0.05) is 35.0 Å². The van der Waals surface area contributed by atoms with Gasteiger partial charge in [-0.2, -0.15) is 18.2 Å². The van der Waals surface area contributed by atoms with E-state index in [1.165, 1.54) is 12.1 Å². The summed E-state index contributed by atoms with van der Waals surface area (Å²) in [5.41, 5.74) is 0.434. The number of carbonyl (C=O) groups is 1. The Morgan fingerprint density at radius 1 is 1.14 bits per heavy atom. The Morgan fingerprint density at radius 2 is 1.86 bits per heavy atom. The first-order chi connectivity index (χ1) is 17.4. The van der Waals surface area contributed by atoms with Crippen LogP contribution in [0.1, 0.15) is 62.1 Å². The van der Waals surface area contributed by atoms with Crippen molar-refractivity contribution in [3.8, 4) is 17.1 Å².